The van der Waals surface area contributed by atoms with E-state index >= 15 is 0 Å². The van der Waals surface area contributed by atoms with Gasteiger partial charge in [-0.3, -0.25) is 4.98 Å². The number of aromatic nitrogens is 1. The van der Waals surface area contributed by atoms with Gasteiger partial charge in [-0.1, -0.05) is 32.0 Å². The van der Waals surface area contributed by atoms with Crippen molar-refractivity contribution in [2.45, 2.75) is 51.5 Å². The molecule has 0 bridgehead atoms. The Hall–Kier alpha value is -1.16. The monoisotopic (exact) mass is 277 g/mol. The molecule has 1 aliphatic rings. The lowest BCUT2D eigenvalue weighted by Crippen LogP contribution is -2.26. The first-order chi connectivity index (χ1) is 9.19. The maximum absolute atomic E-state index is 5.61. The predicted molar refractivity (Wildman–Crippen MR) is 84.4 cm³/mol. The molecule has 0 aromatic carbocycles. The normalized spacial score (nSPS) is 23.0. The van der Waals surface area contributed by atoms with Gasteiger partial charge in [-0.2, -0.15) is 0 Å². The number of pyridine rings is 1. The number of nitrogens with two attached hydrogens (primary N) is 1. The predicted octanol–water partition coefficient (Wildman–Crippen LogP) is 3.49. The van der Waals surface area contributed by atoms with Crippen LogP contribution in [0.25, 0.3) is 0 Å². The Bertz CT molecular complexity index is 425. The van der Waals surface area contributed by atoms with Crippen LogP contribution in [0.5, 0.6) is 0 Å². The summed E-state index contributed by atoms with van der Waals surface area (Å²) in [5.74, 6) is 0.938. The molecule has 3 N–H and O–H groups in total. The molecule has 1 aromatic rings. The standard InChI is InChI=1S/C15H23N3S/c1-2-3-11-4-6-12(7-5-11)18-13-8-9-17-14(10-13)15(16)19/h8-12H,2-7H2,1H3,(H2,16,19)(H,17,18). The Morgan fingerprint density at radius 3 is 2.79 bits per heavy atom. The Labute approximate surface area is 121 Å². The molecule has 1 aromatic heterocycles. The molecule has 104 valence electrons. The summed E-state index contributed by atoms with van der Waals surface area (Å²) >= 11 is 4.96. The second kappa shape index (κ2) is 6.85. The van der Waals surface area contributed by atoms with Gasteiger partial charge >= 0.3 is 0 Å². The molecule has 2 rings (SSSR count). The SMILES string of the molecule is CCCC1CCC(Nc2ccnc(C(N)=S)c2)CC1. The Morgan fingerprint density at radius 1 is 1.42 bits per heavy atom. The summed E-state index contributed by atoms with van der Waals surface area (Å²) in [5, 5.41) is 3.58. The van der Waals surface area contributed by atoms with Crippen molar-refractivity contribution in [1.82, 2.24) is 4.98 Å². The van der Waals surface area contributed by atoms with E-state index in [2.05, 4.69) is 17.2 Å². The van der Waals surface area contributed by atoms with Crippen LogP contribution >= 0.6 is 12.2 Å². The highest BCUT2D eigenvalue weighted by molar-refractivity contribution is 7.80. The van der Waals surface area contributed by atoms with E-state index in [-0.39, 0.29) is 0 Å². The van der Waals surface area contributed by atoms with Crippen LogP contribution in [0.3, 0.4) is 0 Å². The van der Waals surface area contributed by atoms with Gasteiger partial charge in [0, 0.05) is 17.9 Å². The fraction of sp³-hybridized carbons (Fsp3) is 0.600. The summed E-state index contributed by atoms with van der Waals surface area (Å²) < 4.78 is 0. The first-order valence-electron chi connectivity index (χ1n) is 7.21. The summed E-state index contributed by atoms with van der Waals surface area (Å²) in [4.78, 5) is 4.52. The number of rotatable bonds is 5. The molecule has 3 nitrogen and oxygen atoms in total. The number of hydrogen-bond donors (Lipinski definition) is 2. The average Bonchev–Trinajstić information content (AvgIpc) is 2.42. The molecule has 0 atom stereocenters. The zero-order valence-electron chi connectivity index (χ0n) is 11.6. The third-order valence-corrected chi connectivity index (χ3v) is 4.14. The number of thiocarbonyl (C=S) groups is 1. The number of nitrogens with zero attached hydrogens (tertiary/aromatic N) is 1. The Balaban J connectivity index is 1.88. The first kappa shape index (κ1) is 14.3. The van der Waals surface area contributed by atoms with Crippen molar-refractivity contribution in [2.75, 3.05) is 5.32 Å². The summed E-state index contributed by atoms with van der Waals surface area (Å²) in [7, 11) is 0. The van der Waals surface area contributed by atoms with Crippen LogP contribution in [-0.2, 0) is 0 Å². The minimum absolute atomic E-state index is 0.357. The molecule has 1 saturated carbocycles. The minimum atomic E-state index is 0.357. The highest BCUT2D eigenvalue weighted by Crippen LogP contribution is 2.29. The lowest BCUT2D eigenvalue weighted by Gasteiger charge is -2.29. The molecule has 4 heteroatoms. The van der Waals surface area contributed by atoms with Gasteiger partial charge in [-0.05, 0) is 43.7 Å². The van der Waals surface area contributed by atoms with Crippen LogP contribution in [0.15, 0.2) is 18.3 Å². The quantitative estimate of drug-likeness (QED) is 0.809. The van der Waals surface area contributed by atoms with Gasteiger partial charge in [0.1, 0.15) is 4.99 Å². The average molecular weight is 277 g/mol. The van der Waals surface area contributed by atoms with E-state index in [1.807, 2.05) is 12.1 Å². The molecule has 1 aliphatic carbocycles. The van der Waals surface area contributed by atoms with E-state index in [1.165, 1.54) is 38.5 Å². The van der Waals surface area contributed by atoms with Gasteiger partial charge in [0.2, 0.25) is 0 Å². The van der Waals surface area contributed by atoms with Gasteiger partial charge < -0.3 is 11.1 Å². The fourth-order valence-electron chi connectivity index (χ4n) is 2.89. The molecular weight excluding hydrogens is 254 g/mol. The van der Waals surface area contributed by atoms with Crippen molar-refractivity contribution >= 4 is 22.9 Å². The van der Waals surface area contributed by atoms with Crippen LogP contribution in [0.2, 0.25) is 0 Å². The van der Waals surface area contributed by atoms with E-state index in [9.17, 15) is 0 Å². The fourth-order valence-corrected chi connectivity index (χ4v) is 3.01. The molecular formula is C15H23N3S. The lowest BCUT2D eigenvalue weighted by molar-refractivity contribution is 0.319. The van der Waals surface area contributed by atoms with Crippen molar-refractivity contribution in [3.63, 3.8) is 0 Å². The maximum Gasteiger partial charge on any atom is 0.122 e. The third-order valence-electron chi connectivity index (χ3n) is 3.93. The van der Waals surface area contributed by atoms with E-state index in [0.717, 1.165) is 11.6 Å². The molecule has 1 heterocycles. The van der Waals surface area contributed by atoms with Crippen LogP contribution in [0.4, 0.5) is 5.69 Å². The smallest absolute Gasteiger partial charge is 0.122 e. The molecule has 0 spiro atoms. The van der Waals surface area contributed by atoms with E-state index in [1.54, 1.807) is 6.20 Å². The topological polar surface area (TPSA) is 50.9 Å². The molecule has 0 unspecified atom stereocenters. The lowest BCUT2D eigenvalue weighted by atomic mass is 9.83. The third kappa shape index (κ3) is 4.16. The highest BCUT2D eigenvalue weighted by atomic mass is 32.1. The van der Waals surface area contributed by atoms with Gasteiger partial charge in [-0.15, -0.1) is 0 Å². The van der Waals surface area contributed by atoms with Gasteiger partial charge in [0.15, 0.2) is 0 Å². The summed E-state index contributed by atoms with van der Waals surface area (Å²) in [6.45, 7) is 2.28. The molecule has 0 radical (unpaired) electrons. The van der Waals surface area contributed by atoms with Crippen molar-refractivity contribution in [1.29, 1.82) is 0 Å². The summed E-state index contributed by atoms with van der Waals surface area (Å²) in [6.07, 6.45) is 9.67. The van der Waals surface area contributed by atoms with Gasteiger partial charge in [-0.25, -0.2) is 0 Å². The van der Waals surface area contributed by atoms with E-state index in [0.29, 0.717) is 16.7 Å². The highest BCUT2D eigenvalue weighted by Gasteiger charge is 2.20. The molecule has 0 aliphatic heterocycles. The number of nitrogens with one attached hydrogen (secondary N) is 1. The summed E-state index contributed by atoms with van der Waals surface area (Å²) in [6, 6.07) is 4.51. The molecule has 0 amide bonds. The second-order valence-electron chi connectivity index (χ2n) is 5.44. The first-order valence-corrected chi connectivity index (χ1v) is 7.62. The van der Waals surface area contributed by atoms with Crippen LogP contribution in [0, 0.1) is 5.92 Å². The maximum atomic E-state index is 5.61. The number of anilines is 1. The van der Waals surface area contributed by atoms with E-state index in [4.69, 9.17) is 18.0 Å². The van der Waals surface area contributed by atoms with Crippen LogP contribution in [0.1, 0.15) is 51.1 Å². The van der Waals surface area contributed by atoms with Crippen LogP contribution < -0.4 is 11.1 Å². The second-order valence-corrected chi connectivity index (χ2v) is 5.88. The molecule has 1 fully saturated rings. The van der Waals surface area contributed by atoms with Crippen molar-refractivity contribution < 1.29 is 0 Å². The zero-order chi connectivity index (χ0) is 13.7. The molecule has 0 saturated heterocycles. The number of hydrogen-bond acceptors (Lipinski definition) is 3. The molecule has 19 heavy (non-hydrogen) atoms. The van der Waals surface area contributed by atoms with E-state index < -0.39 is 0 Å². The van der Waals surface area contributed by atoms with Crippen molar-refractivity contribution in [3.05, 3.63) is 24.0 Å². The Kier molecular flexibility index (Phi) is 5.14. The minimum Gasteiger partial charge on any atom is -0.388 e. The zero-order valence-corrected chi connectivity index (χ0v) is 12.4. The van der Waals surface area contributed by atoms with Crippen molar-refractivity contribution in [3.8, 4) is 0 Å². The van der Waals surface area contributed by atoms with Crippen LogP contribution in [-0.4, -0.2) is 16.0 Å². The van der Waals surface area contributed by atoms with Gasteiger partial charge in [0.25, 0.3) is 0 Å². The Morgan fingerprint density at radius 2 is 2.16 bits per heavy atom. The van der Waals surface area contributed by atoms with Gasteiger partial charge in [0.05, 0.1) is 5.69 Å². The largest absolute Gasteiger partial charge is 0.388 e. The van der Waals surface area contributed by atoms with Crippen molar-refractivity contribution in [2.24, 2.45) is 11.7 Å². The summed E-state index contributed by atoms with van der Waals surface area (Å²) in [5.41, 5.74) is 7.38.